The van der Waals surface area contributed by atoms with Crippen molar-refractivity contribution in [1.29, 1.82) is 0 Å². The third-order valence-corrected chi connectivity index (χ3v) is 10.1. The number of anilines is 1. The highest BCUT2D eigenvalue weighted by Gasteiger charge is 2.35. The Kier molecular flexibility index (Phi) is 12.6. The Morgan fingerprint density at radius 3 is 2.08 bits per heavy atom. The number of sulfonamides is 1. The molecule has 0 saturated carbocycles. The molecule has 0 heterocycles. The van der Waals surface area contributed by atoms with Gasteiger partial charge in [-0.15, -0.1) is 0 Å². The summed E-state index contributed by atoms with van der Waals surface area (Å²) in [6.45, 7) is 6.65. The van der Waals surface area contributed by atoms with Crippen LogP contribution in [0.1, 0.15) is 36.1 Å². The van der Waals surface area contributed by atoms with Gasteiger partial charge in [0.25, 0.3) is 10.0 Å². The van der Waals surface area contributed by atoms with Crippen LogP contribution in [0.4, 0.5) is 5.69 Å². The number of nitrogens with one attached hydrogen (secondary N) is 1. The summed E-state index contributed by atoms with van der Waals surface area (Å²) >= 11 is 12.8. The number of nitrogens with zero attached hydrogens (tertiary/aromatic N) is 2. The van der Waals surface area contributed by atoms with Crippen molar-refractivity contribution < 1.29 is 27.5 Å². The Balaban J connectivity index is 1.87. The highest BCUT2D eigenvalue weighted by Crippen LogP contribution is 2.33. The minimum absolute atomic E-state index is 0.0884. The lowest BCUT2D eigenvalue weighted by molar-refractivity contribution is -0.140. The number of methoxy groups -OCH3 is 2. The van der Waals surface area contributed by atoms with Crippen LogP contribution in [0.2, 0.25) is 10.0 Å². The molecule has 12 heteroatoms. The third kappa shape index (κ3) is 9.47. The van der Waals surface area contributed by atoms with Crippen molar-refractivity contribution in [2.75, 3.05) is 25.1 Å². The summed E-state index contributed by atoms with van der Waals surface area (Å²) in [6, 6.07) is 22.5. The van der Waals surface area contributed by atoms with Gasteiger partial charge < -0.3 is 19.7 Å². The number of hydrogen-bond acceptors (Lipinski definition) is 6. The topological polar surface area (TPSA) is 105 Å². The average molecular weight is 727 g/mol. The summed E-state index contributed by atoms with van der Waals surface area (Å²) in [5, 5.41) is 3.66. The summed E-state index contributed by atoms with van der Waals surface area (Å²) in [4.78, 5) is 29.9. The monoisotopic (exact) mass is 725 g/mol. The van der Waals surface area contributed by atoms with Crippen LogP contribution in [0.3, 0.4) is 0 Å². The van der Waals surface area contributed by atoms with Gasteiger partial charge in [-0.05, 0) is 86.3 Å². The van der Waals surface area contributed by atoms with Gasteiger partial charge in [0, 0.05) is 35.1 Å². The molecule has 0 radical (unpaired) electrons. The number of rotatable bonds is 14. The lowest BCUT2D eigenvalue weighted by Gasteiger charge is -2.34. The molecular formula is C37H41Cl2N3O6S. The molecule has 4 rings (SSSR count). The van der Waals surface area contributed by atoms with Crippen molar-refractivity contribution in [3.8, 4) is 11.5 Å². The number of carbonyl (C=O) groups is 2. The second-order valence-corrected chi connectivity index (χ2v) is 14.7. The van der Waals surface area contributed by atoms with Gasteiger partial charge in [-0.1, -0.05) is 65.7 Å². The maximum atomic E-state index is 14.7. The number of aryl methyl sites for hydroxylation is 2. The zero-order valence-corrected chi connectivity index (χ0v) is 30.7. The number of halogens is 2. The summed E-state index contributed by atoms with van der Waals surface area (Å²) in [7, 11) is -1.51. The molecule has 0 unspecified atom stereocenters. The number of hydrogen-bond donors (Lipinski definition) is 1. The first-order chi connectivity index (χ1) is 23.2. The minimum atomic E-state index is -4.38. The molecule has 9 nitrogen and oxygen atoms in total. The highest BCUT2D eigenvalue weighted by molar-refractivity contribution is 7.92. The molecule has 1 N–H and O–H groups in total. The van der Waals surface area contributed by atoms with Crippen LogP contribution >= 0.6 is 23.2 Å². The van der Waals surface area contributed by atoms with Gasteiger partial charge in [0.05, 0.1) is 24.8 Å². The predicted octanol–water partition coefficient (Wildman–Crippen LogP) is 6.99. The average Bonchev–Trinajstić information content (AvgIpc) is 3.05. The fraction of sp³-hybridized carbons (Fsp3) is 0.297. The lowest BCUT2D eigenvalue weighted by Crippen LogP contribution is -2.54. The van der Waals surface area contributed by atoms with E-state index in [9.17, 15) is 18.0 Å². The Morgan fingerprint density at radius 1 is 0.837 bits per heavy atom. The van der Waals surface area contributed by atoms with E-state index in [1.165, 1.54) is 37.3 Å². The van der Waals surface area contributed by atoms with Gasteiger partial charge in [0.15, 0.2) is 11.5 Å². The molecule has 49 heavy (non-hydrogen) atoms. The molecule has 0 aliphatic heterocycles. The van der Waals surface area contributed by atoms with Gasteiger partial charge in [0.1, 0.15) is 12.6 Å². The third-order valence-electron chi connectivity index (χ3n) is 7.77. The largest absolute Gasteiger partial charge is 0.493 e. The number of ether oxygens (including phenoxy) is 2. The molecule has 0 fully saturated rings. The van der Waals surface area contributed by atoms with Crippen molar-refractivity contribution in [2.24, 2.45) is 0 Å². The van der Waals surface area contributed by atoms with Crippen LogP contribution < -0.4 is 19.1 Å². The number of carbonyl (C=O) groups excluding carboxylic acids is 2. The molecular weight excluding hydrogens is 685 g/mol. The zero-order chi connectivity index (χ0) is 35.9. The standard InChI is InChI=1S/C37H41Cl2N3O6S/c1-24(2)40-37(44)33(19-27-10-8-7-9-11-27)41(22-28-12-13-29(38)20-32(28)39)36(43)23-42(30-17-25(3)16-26(4)18-30)49(45,46)31-14-15-34(47-5)35(21-31)48-6/h7-18,20-21,24,33H,19,22-23H2,1-6H3,(H,40,44)/t33-/m0/s1. The second kappa shape index (κ2) is 16.4. The van der Waals surface area contributed by atoms with E-state index in [1.54, 1.807) is 30.3 Å². The van der Waals surface area contributed by atoms with Gasteiger partial charge in [0.2, 0.25) is 11.8 Å². The Hall–Kier alpha value is -4.25. The van der Waals surface area contributed by atoms with Crippen LogP contribution in [0.15, 0.2) is 89.8 Å². The van der Waals surface area contributed by atoms with E-state index in [-0.39, 0.29) is 35.3 Å². The molecule has 4 aromatic carbocycles. The van der Waals surface area contributed by atoms with Crippen molar-refractivity contribution in [2.45, 2.75) is 57.6 Å². The second-order valence-electron chi connectivity index (χ2n) is 12.0. The maximum Gasteiger partial charge on any atom is 0.264 e. The molecule has 0 bridgehead atoms. The fourth-order valence-corrected chi connectivity index (χ4v) is 7.38. The van der Waals surface area contributed by atoms with Crippen molar-refractivity contribution in [1.82, 2.24) is 10.2 Å². The first-order valence-corrected chi connectivity index (χ1v) is 17.8. The van der Waals surface area contributed by atoms with Gasteiger partial charge in [-0.25, -0.2) is 8.42 Å². The van der Waals surface area contributed by atoms with Crippen molar-refractivity contribution in [3.05, 3.63) is 117 Å². The van der Waals surface area contributed by atoms with E-state index in [4.69, 9.17) is 32.7 Å². The molecule has 4 aromatic rings. The summed E-state index contributed by atoms with van der Waals surface area (Å²) in [5.74, 6) is -0.448. The zero-order valence-electron chi connectivity index (χ0n) is 28.4. The van der Waals surface area contributed by atoms with Gasteiger partial charge in [-0.2, -0.15) is 0 Å². The fourth-order valence-electron chi connectivity index (χ4n) is 5.50. The van der Waals surface area contributed by atoms with E-state index < -0.39 is 34.4 Å². The van der Waals surface area contributed by atoms with Crippen molar-refractivity contribution in [3.63, 3.8) is 0 Å². The van der Waals surface area contributed by atoms with E-state index >= 15 is 0 Å². The van der Waals surface area contributed by atoms with E-state index in [0.717, 1.165) is 21.0 Å². The molecule has 2 amide bonds. The molecule has 0 aromatic heterocycles. The van der Waals surface area contributed by atoms with Crippen LogP contribution in [0.5, 0.6) is 11.5 Å². The van der Waals surface area contributed by atoms with Crippen molar-refractivity contribution >= 4 is 50.7 Å². The number of amides is 2. The van der Waals surface area contributed by atoms with Gasteiger partial charge >= 0.3 is 0 Å². The Bertz CT molecular complexity index is 1880. The molecule has 0 saturated heterocycles. The van der Waals surface area contributed by atoms with Crippen LogP contribution in [0.25, 0.3) is 0 Å². The van der Waals surface area contributed by atoms with Crippen LogP contribution in [-0.4, -0.2) is 58.0 Å². The molecule has 260 valence electrons. The molecule has 0 aliphatic carbocycles. The van der Waals surface area contributed by atoms with E-state index in [2.05, 4.69) is 5.32 Å². The summed E-state index contributed by atoms with van der Waals surface area (Å²) in [5.41, 5.74) is 3.25. The lowest BCUT2D eigenvalue weighted by atomic mass is 10.0. The highest BCUT2D eigenvalue weighted by atomic mass is 35.5. The van der Waals surface area contributed by atoms with E-state index in [1.807, 2.05) is 64.1 Å². The SMILES string of the molecule is COc1ccc(S(=O)(=O)N(CC(=O)N(Cc2ccc(Cl)cc2Cl)[C@@H](Cc2ccccc2)C(=O)NC(C)C)c2cc(C)cc(C)c2)cc1OC. The maximum absolute atomic E-state index is 14.7. The smallest absolute Gasteiger partial charge is 0.264 e. The van der Waals surface area contributed by atoms with E-state index in [0.29, 0.717) is 21.4 Å². The summed E-state index contributed by atoms with van der Waals surface area (Å²) < 4.78 is 40.8. The number of benzene rings is 4. The first kappa shape index (κ1) is 37.6. The first-order valence-electron chi connectivity index (χ1n) is 15.6. The molecule has 0 spiro atoms. The predicted molar refractivity (Wildman–Crippen MR) is 194 cm³/mol. The Labute approximate surface area is 298 Å². The Morgan fingerprint density at radius 2 is 1.49 bits per heavy atom. The minimum Gasteiger partial charge on any atom is -0.493 e. The molecule has 1 atom stereocenters. The normalized spacial score (nSPS) is 11.9. The molecule has 0 aliphatic rings. The summed E-state index contributed by atoms with van der Waals surface area (Å²) in [6.07, 6.45) is 0.169. The quantitative estimate of drug-likeness (QED) is 0.150. The van der Waals surface area contributed by atoms with Crippen LogP contribution in [0, 0.1) is 13.8 Å². The van der Waals surface area contributed by atoms with Gasteiger partial charge in [-0.3, -0.25) is 13.9 Å². The van der Waals surface area contributed by atoms with Crippen LogP contribution in [-0.2, 0) is 32.6 Å².